The first-order chi connectivity index (χ1) is 5.43. The summed E-state index contributed by atoms with van der Waals surface area (Å²) in [6.07, 6.45) is -0.522. The fourth-order valence-corrected chi connectivity index (χ4v) is 0.486. The van der Waals surface area contributed by atoms with Crippen molar-refractivity contribution in [2.75, 3.05) is 0 Å². The Kier molecular flexibility index (Phi) is 7.48. The van der Waals surface area contributed by atoms with E-state index in [0.29, 0.717) is 0 Å². The number of Topliss-reactive ketones (excluding diaryl/α,β-unsaturated/α-hetero) is 2. The molecule has 0 atom stereocenters. The van der Waals surface area contributed by atoms with Gasteiger partial charge in [-0.1, -0.05) is 0 Å². The Morgan fingerprint density at radius 2 is 1.54 bits per heavy atom. The molecule has 0 spiro atoms. The number of esters is 2. The van der Waals surface area contributed by atoms with Gasteiger partial charge in [0.2, 0.25) is 5.78 Å². The van der Waals surface area contributed by atoms with Crippen LogP contribution >= 0.6 is 0 Å². The Morgan fingerprint density at radius 3 is 1.85 bits per heavy atom. The number of hydrogen-bond donors (Lipinski definition) is 0. The molecule has 0 saturated heterocycles. The normalized spacial score (nSPS) is 8.15. The van der Waals surface area contributed by atoms with Crippen molar-refractivity contribution in [3.05, 3.63) is 0 Å². The Hall–Kier alpha value is -0.858. The van der Waals surface area contributed by atoms with Gasteiger partial charge in [-0.15, -0.1) is 0 Å². The molecule has 0 radical (unpaired) electrons. The van der Waals surface area contributed by atoms with E-state index in [4.69, 9.17) is 0 Å². The van der Waals surface area contributed by atoms with Crippen molar-refractivity contribution >= 4 is 23.5 Å². The summed E-state index contributed by atoms with van der Waals surface area (Å²) in [6, 6.07) is 0. The quantitative estimate of drug-likeness (QED) is 0.304. The Morgan fingerprint density at radius 1 is 1.08 bits per heavy atom. The molecule has 0 bridgehead atoms. The second-order valence-electron chi connectivity index (χ2n) is 2.18. The SMILES string of the molecule is CC(=O)CC(=O)C(=O)OC(C)=O.[Pd]. The molecule has 0 saturated carbocycles. The van der Waals surface area contributed by atoms with Gasteiger partial charge in [0, 0.05) is 27.3 Å². The molecule has 5 nitrogen and oxygen atoms in total. The van der Waals surface area contributed by atoms with E-state index in [1.807, 2.05) is 0 Å². The summed E-state index contributed by atoms with van der Waals surface area (Å²) in [7, 11) is 0. The maximum atomic E-state index is 10.6. The third kappa shape index (κ3) is 7.50. The van der Waals surface area contributed by atoms with Gasteiger partial charge in [-0.2, -0.15) is 0 Å². The molecule has 0 N–H and O–H groups in total. The van der Waals surface area contributed by atoms with E-state index in [-0.39, 0.29) is 20.4 Å². The van der Waals surface area contributed by atoms with Crippen LogP contribution in [0.2, 0.25) is 0 Å². The van der Waals surface area contributed by atoms with Crippen molar-refractivity contribution in [2.45, 2.75) is 20.3 Å². The smallest absolute Gasteiger partial charge is 0.382 e. The van der Waals surface area contributed by atoms with Crippen LogP contribution in [0, 0.1) is 0 Å². The predicted octanol–water partition coefficient (Wildman–Crippen LogP) is -0.378. The van der Waals surface area contributed by atoms with Crippen molar-refractivity contribution in [1.82, 2.24) is 0 Å². The molecule has 6 heteroatoms. The van der Waals surface area contributed by atoms with Crippen LogP contribution in [0.3, 0.4) is 0 Å². The van der Waals surface area contributed by atoms with Gasteiger partial charge in [-0.25, -0.2) is 4.79 Å². The molecule has 13 heavy (non-hydrogen) atoms. The molecule has 0 aliphatic carbocycles. The average Bonchev–Trinajstić information content (AvgIpc) is 1.84. The summed E-state index contributed by atoms with van der Waals surface area (Å²) in [5.41, 5.74) is 0. The van der Waals surface area contributed by atoms with Gasteiger partial charge in [-0.3, -0.25) is 14.4 Å². The fourth-order valence-electron chi connectivity index (χ4n) is 0.486. The van der Waals surface area contributed by atoms with Crippen LogP contribution in [-0.4, -0.2) is 23.5 Å². The zero-order valence-corrected chi connectivity index (χ0v) is 8.62. The molecule has 0 amide bonds. The molecule has 0 aliphatic rings. The summed E-state index contributed by atoms with van der Waals surface area (Å²) in [5.74, 6) is -3.59. The van der Waals surface area contributed by atoms with Gasteiger partial charge in [0.05, 0.1) is 6.42 Å². The van der Waals surface area contributed by atoms with E-state index in [1.54, 1.807) is 0 Å². The zero-order valence-electron chi connectivity index (χ0n) is 7.06. The van der Waals surface area contributed by atoms with Gasteiger partial charge in [0.1, 0.15) is 5.78 Å². The van der Waals surface area contributed by atoms with Crippen LogP contribution < -0.4 is 0 Å². The third-order valence-corrected chi connectivity index (χ3v) is 0.874. The van der Waals surface area contributed by atoms with E-state index in [1.165, 1.54) is 6.92 Å². The largest absolute Gasteiger partial charge is 0.387 e. The van der Waals surface area contributed by atoms with Crippen LogP contribution in [0.1, 0.15) is 20.3 Å². The molecule has 0 aromatic heterocycles. The third-order valence-electron chi connectivity index (χ3n) is 0.874. The molecule has 0 unspecified atom stereocenters. The van der Waals surface area contributed by atoms with E-state index < -0.39 is 29.9 Å². The van der Waals surface area contributed by atoms with Gasteiger partial charge in [0.25, 0.3) is 0 Å². The van der Waals surface area contributed by atoms with Gasteiger partial charge >= 0.3 is 11.9 Å². The van der Waals surface area contributed by atoms with Crippen molar-refractivity contribution < 1.29 is 44.3 Å². The van der Waals surface area contributed by atoms with Gasteiger partial charge < -0.3 is 4.74 Å². The Balaban J connectivity index is 0. The number of rotatable bonds is 3. The van der Waals surface area contributed by atoms with E-state index >= 15 is 0 Å². The van der Waals surface area contributed by atoms with Crippen molar-refractivity contribution in [2.24, 2.45) is 0 Å². The Bertz CT molecular complexity index is 219. The first kappa shape index (κ1) is 14.7. The molecular weight excluding hydrogens is 270 g/mol. The van der Waals surface area contributed by atoms with Crippen LogP contribution in [0.25, 0.3) is 0 Å². The fraction of sp³-hybridized carbons (Fsp3) is 0.429. The maximum absolute atomic E-state index is 10.6. The van der Waals surface area contributed by atoms with Crippen molar-refractivity contribution in [3.63, 3.8) is 0 Å². The minimum Gasteiger partial charge on any atom is -0.387 e. The molecular formula is C7H8O5Pd. The second kappa shape index (κ2) is 6.64. The number of carbonyl (C=O) groups excluding carboxylic acids is 4. The zero-order chi connectivity index (χ0) is 9.72. The molecule has 0 aliphatic heterocycles. The van der Waals surface area contributed by atoms with Crippen molar-refractivity contribution in [1.29, 1.82) is 0 Å². The van der Waals surface area contributed by atoms with Gasteiger partial charge in [0.15, 0.2) is 0 Å². The first-order valence-corrected chi connectivity index (χ1v) is 3.18. The molecule has 0 fully saturated rings. The molecule has 76 valence electrons. The molecule has 0 aromatic carbocycles. The van der Waals surface area contributed by atoms with Crippen LogP contribution in [0.5, 0.6) is 0 Å². The summed E-state index contributed by atoms with van der Waals surface area (Å²) >= 11 is 0. The predicted molar refractivity (Wildman–Crippen MR) is 37.1 cm³/mol. The van der Waals surface area contributed by atoms with E-state index in [2.05, 4.69) is 4.74 Å². The minimum absolute atomic E-state index is 0. The molecule has 0 aromatic rings. The number of ether oxygens (including phenoxy) is 1. The monoisotopic (exact) mass is 278 g/mol. The molecule has 0 rings (SSSR count). The van der Waals surface area contributed by atoms with Crippen molar-refractivity contribution in [3.8, 4) is 0 Å². The topological polar surface area (TPSA) is 77.5 Å². The first-order valence-electron chi connectivity index (χ1n) is 3.18. The minimum atomic E-state index is -1.28. The van der Waals surface area contributed by atoms with E-state index in [9.17, 15) is 19.2 Å². The Labute approximate surface area is 88.5 Å². The second-order valence-corrected chi connectivity index (χ2v) is 2.18. The van der Waals surface area contributed by atoms with Gasteiger partial charge in [-0.05, 0) is 6.92 Å². The molecule has 0 heterocycles. The van der Waals surface area contributed by atoms with Crippen LogP contribution in [0.4, 0.5) is 0 Å². The standard InChI is InChI=1S/C7H8O5.Pd/c1-4(8)3-6(10)7(11)12-5(2)9;/h3H2,1-2H3;. The maximum Gasteiger partial charge on any atom is 0.382 e. The number of carbonyl (C=O) groups is 4. The van der Waals surface area contributed by atoms with Crippen LogP contribution in [-0.2, 0) is 44.3 Å². The number of ketones is 2. The summed E-state index contributed by atoms with van der Waals surface area (Å²) in [4.78, 5) is 41.7. The average molecular weight is 279 g/mol. The van der Waals surface area contributed by atoms with Crippen LogP contribution in [0.15, 0.2) is 0 Å². The summed E-state index contributed by atoms with van der Waals surface area (Å²) in [6.45, 7) is 2.16. The summed E-state index contributed by atoms with van der Waals surface area (Å²) < 4.78 is 3.93. The number of hydrogen-bond acceptors (Lipinski definition) is 5. The summed E-state index contributed by atoms with van der Waals surface area (Å²) in [5, 5.41) is 0. The van der Waals surface area contributed by atoms with E-state index in [0.717, 1.165) is 6.92 Å².